The lowest BCUT2D eigenvalue weighted by atomic mass is 10.2. The van der Waals surface area contributed by atoms with Crippen molar-refractivity contribution in [1.29, 1.82) is 0 Å². The van der Waals surface area contributed by atoms with Gasteiger partial charge < -0.3 is 24.1 Å². The molecule has 152 valence electrons. The zero-order valence-corrected chi connectivity index (χ0v) is 17.0. The second-order valence-electron chi connectivity index (χ2n) is 6.46. The Morgan fingerprint density at radius 3 is 2.03 bits per heavy atom. The maximum Gasteiger partial charge on any atom is 0.257 e. The molecule has 3 aromatic rings. The van der Waals surface area contributed by atoms with E-state index in [2.05, 4.69) is 5.32 Å². The molecule has 0 fully saturated rings. The standard InChI is InChI=1S/C22H23FN2O4/c1-13-10-18(14(2)25(13)17-8-6-15(23)7-9-17)22(26)24-16-11-19(27-3)21(29-5)20(12-16)28-4/h6-12H,1-5H3,(H,24,26). The molecule has 1 amide bonds. The number of nitrogens with one attached hydrogen (secondary N) is 1. The highest BCUT2D eigenvalue weighted by atomic mass is 19.1. The molecule has 1 N–H and O–H groups in total. The van der Waals surface area contributed by atoms with Crippen molar-refractivity contribution in [2.75, 3.05) is 26.6 Å². The fourth-order valence-electron chi connectivity index (χ4n) is 3.33. The Morgan fingerprint density at radius 1 is 0.931 bits per heavy atom. The number of carbonyl (C=O) groups excluding carboxylic acids is 1. The molecule has 0 aliphatic rings. The highest BCUT2D eigenvalue weighted by Crippen LogP contribution is 2.40. The van der Waals surface area contributed by atoms with Gasteiger partial charge in [-0.1, -0.05) is 0 Å². The first-order valence-corrected chi connectivity index (χ1v) is 8.95. The lowest BCUT2D eigenvalue weighted by Crippen LogP contribution is -2.13. The SMILES string of the molecule is COc1cc(NC(=O)c2cc(C)n(-c3ccc(F)cc3)c2C)cc(OC)c1OC. The maximum absolute atomic E-state index is 13.3. The Balaban J connectivity index is 1.94. The minimum Gasteiger partial charge on any atom is -0.493 e. The van der Waals surface area contributed by atoms with Gasteiger partial charge in [0.05, 0.1) is 26.9 Å². The molecule has 0 saturated heterocycles. The summed E-state index contributed by atoms with van der Waals surface area (Å²) in [6.07, 6.45) is 0. The minimum atomic E-state index is -0.309. The number of halogens is 1. The van der Waals surface area contributed by atoms with Gasteiger partial charge in [0.1, 0.15) is 5.82 Å². The molecule has 0 bridgehead atoms. The first-order chi connectivity index (χ1) is 13.9. The maximum atomic E-state index is 13.3. The number of carbonyl (C=O) groups is 1. The summed E-state index contributed by atoms with van der Waals surface area (Å²) in [6.45, 7) is 3.74. The van der Waals surface area contributed by atoms with E-state index >= 15 is 0 Å². The number of hydrogen-bond donors (Lipinski definition) is 1. The third kappa shape index (κ3) is 3.89. The van der Waals surface area contributed by atoms with Gasteiger partial charge in [-0.15, -0.1) is 0 Å². The number of hydrogen-bond acceptors (Lipinski definition) is 4. The fourth-order valence-corrected chi connectivity index (χ4v) is 3.33. The van der Waals surface area contributed by atoms with E-state index in [9.17, 15) is 9.18 Å². The Morgan fingerprint density at radius 2 is 1.52 bits per heavy atom. The summed E-state index contributed by atoms with van der Waals surface area (Å²) < 4.78 is 31.1. The highest BCUT2D eigenvalue weighted by molar-refractivity contribution is 6.05. The van der Waals surface area contributed by atoms with Crippen LogP contribution in [0.2, 0.25) is 0 Å². The van der Waals surface area contributed by atoms with Crippen molar-refractivity contribution < 1.29 is 23.4 Å². The average Bonchev–Trinajstić information content (AvgIpc) is 3.02. The quantitative estimate of drug-likeness (QED) is 0.664. The predicted octanol–water partition coefficient (Wildman–Crippen LogP) is 4.51. The predicted molar refractivity (Wildman–Crippen MR) is 109 cm³/mol. The van der Waals surface area contributed by atoms with Gasteiger partial charge in [-0.3, -0.25) is 4.79 Å². The molecule has 7 heteroatoms. The van der Waals surface area contributed by atoms with Gasteiger partial charge in [-0.05, 0) is 44.2 Å². The number of anilines is 1. The van der Waals surface area contributed by atoms with E-state index < -0.39 is 0 Å². The van der Waals surface area contributed by atoms with Crippen LogP contribution >= 0.6 is 0 Å². The molecule has 1 heterocycles. The first kappa shape index (κ1) is 20.3. The summed E-state index contributed by atoms with van der Waals surface area (Å²) in [4.78, 5) is 12.9. The summed E-state index contributed by atoms with van der Waals surface area (Å²) in [5.41, 5.74) is 3.42. The number of aryl methyl sites for hydroxylation is 1. The number of amides is 1. The van der Waals surface area contributed by atoms with Crippen molar-refractivity contribution in [2.24, 2.45) is 0 Å². The molecule has 2 aromatic carbocycles. The van der Waals surface area contributed by atoms with Crippen LogP contribution in [0.25, 0.3) is 5.69 Å². The monoisotopic (exact) mass is 398 g/mol. The largest absolute Gasteiger partial charge is 0.493 e. The van der Waals surface area contributed by atoms with E-state index in [-0.39, 0.29) is 11.7 Å². The van der Waals surface area contributed by atoms with E-state index in [1.165, 1.54) is 33.5 Å². The second kappa shape index (κ2) is 8.26. The summed E-state index contributed by atoms with van der Waals surface area (Å²) in [5, 5.41) is 2.87. The number of ether oxygens (including phenoxy) is 3. The van der Waals surface area contributed by atoms with Crippen LogP contribution in [0, 0.1) is 19.7 Å². The van der Waals surface area contributed by atoms with E-state index in [1.807, 2.05) is 18.4 Å². The molecule has 6 nitrogen and oxygen atoms in total. The third-order valence-corrected chi connectivity index (χ3v) is 4.68. The van der Waals surface area contributed by atoms with Crippen LogP contribution in [0.4, 0.5) is 10.1 Å². The Kier molecular flexibility index (Phi) is 5.77. The smallest absolute Gasteiger partial charge is 0.257 e. The van der Waals surface area contributed by atoms with Gasteiger partial charge in [0.25, 0.3) is 5.91 Å². The van der Waals surface area contributed by atoms with Crippen LogP contribution in [-0.2, 0) is 0 Å². The van der Waals surface area contributed by atoms with E-state index in [4.69, 9.17) is 14.2 Å². The number of aromatic nitrogens is 1. The molecule has 0 radical (unpaired) electrons. The molecule has 0 spiro atoms. The summed E-state index contributed by atoms with van der Waals surface area (Å²) in [6, 6.07) is 11.3. The van der Waals surface area contributed by atoms with Crippen molar-refractivity contribution >= 4 is 11.6 Å². The summed E-state index contributed by atoms with van der Waals surface area (Å²) in [5.74, 6) is 0.748. The highest BCUT2D eigenvalue weighted by Gasteiger charge is 2.19. The molecule has 0 atom stereocenters. The normalized spacial score (nSPS) is 10.6. The third-order valence-electron chi connectivity index (χ3n) is 4.68. The average molecular weight is 398 g/mol. The summed E-state index contributed by atoms with van der Waals surface area (Å²) >= 11 is 0. The molecule has 3 rings (SSSR count). The number of rotatable bonds is 6. The Hall–Kier alpha value is -3.48. The molecule has 0 aliphatic carbocycles. The van der Waals surface area contributed by atoms with Crippen LogP contribution in [-0.4, -0.2) is 31.8 Å². The summed E-state index contributed by atoms with van der Waals surface area (Å²) in [7, 11) is 4.54. The fraction of sp³-hybridized carbons (Fsp3) is 0.227. The zero-order chi connectivity index (χ0) is 21.1. The van der Waals surface area contributed by atoms with Crippen LogP contribution in [0.1, 0.15) is 21.7 Å². The van der Waals surface area contributed by atoms with Crippen LogP contribution < -0.4 is 19.5 Å². The van der Waals surface area contributed by atoms with Gasteiger partial charge in [0.15, 0.2) is 11.5 Å². The van der Waals surface area contributed by atoms with E-state index in [1.54, 1.807) is 30.3 Å². The number of methoxy groups -OCH3 is 3. The Bertz CT molecular complexity index is 1020. The van der Waals surface area contributed by atoms with E-state index in [0.29, 0.717) is 28.5 Å². The minimum absolute atomic E-state index is 0.277. The van der Waals surface area contributed by atoms with Gasteiger partial charge in [0.2, 0.25) is 5.75 Å². The van der Waals surface area contributed by atoms with Crippen molar-refractivity contribution in [1.82, 2.24) is 4.57 Å². The second-order valence-corrected chi connectivity index (χ2v) is 6.46. The molecule has 0 aliphatic heterocycles. The van der Waals surface area contributed by atoms with Gasteiger partial charge in [0, 0.05) is 34.9 Å². The number of nitrogens with zero attached hydrogens (tertiary/aromatic N) is 1. The molecule has 29 heavy (non-hydrogen) atoms. The van der Waals surface area contributed by atoms with Gasteiger partial charge in [-0.25, -0.2) is 4.39 Å². The van der Waals surface area contributed by atoms with Crippen LogP contribution in [0.15, 0.2) is 42.5 Å². The van der Waals surface area contributed by atoms with Gasteiger partial charge >= 0.3 is 0 Å². The zero-order valence-electron chi connectivity index (χ0n) is 17.0. The van der Waals surface area contributed by atoms with Crippen molar-refractivity contribution in [3.05, 3.63) is 65.2 Å². The lowest BCUT2D eigenvalue weighted by Gasteiger charge is -2.15. The first-order valence-electron chi connectivity index (χ1n) is 8.95. The molecular weight excluding hydrogens is 375 g/mol. The number of benzene rings is 2. The van der Waals surface area contributed by atoms with Crippen LogP contribution in [0.3, 0.4) is 0 Å². The van der Waals surface area contributed by atoms with Gasteiger partial charge in [-0.2, -0.15) is 0 Å². The lowest BCUT2D eigenvalue weighted by molar-refractivity contribution is 0.102. The van der Waals surface area contributed by atoms with Crippen LogP contribution in [0.5, 0.6) is 17.2 Å². The molecule has 0 unspecified atom stereocenters. The van der Waals surface area contributed by atoms with Crippen molar-refractivity contribution in [3.8, 4) is 22.9 Å². The molecule has 0 saturated carbocycles. The van der Waals surface area contributed by atoms with Crippen molar-refractivity contribution in [3.63, 3.8) is 0 Å². The topological polar surface area (TPSA) is 61.7 Å². The molecular formula is C22H23FN2O4. The van der Waals surface area contributed by atoms with E-state index in [0.717, 1.165) is 17.1 Å². The Labute approximate surface area is 168 Å². The van der Waals surface area contributed by atoms with Crippen molar-refractivity contribution in [2.45, 2.75) is 13.8 Å². The molecule has 1 aromatic heterocycles.